The van der Waals surface area contributed by atoms with Gasteiger partial charge in [-0.3, -0.25) is 4.90 Å². The highest BCUT2D eigenvalue weighted by atomic mass is 16.2. The van der Waals surface area contributed by atoms with Crippen LogP contribution in [0.1, 0.15) is 35.6 Å². The smallest absolute Gasteiger partial charge is 0.315 e. The Morgan fingerprint density at radius 1 is 0.964 bits per heavy atom. The molecule has 1 aliphatic heterocycles. The molecule has 1 unspecified atom stereocenters. The highest BCUT2D eigenvalue weighted by Gasteiger charge is 2.23. The van der Waals surface area contributed by atoms with Gasteiger partial charge in [0.05, 0.1) is 6.04 Å². The van der Waals surface area contributed by atoms with Gasteiger partial charge in [-0.15, -0.1) is 0 Å². The van der Waals surface area contributed by atoms with Gasteiger partial charge in [0.25, 0.3) is 0 Å². The van der Waals surface area contributed by atoms with Crippen molar-refractivity contribution in [3.8, 4) is 0 Å². The summed E-state index contributed by atoms with van der Waals surface area (Å²) in [6.45, 7) is 4.28. The van der Waals surface area contributed by atoms with E-state index in [0.29, 0.717) is 13.1 Å². The van der Waals surface area contributed by atoms with E-state index in [2.05, 4.69) is 83.1 Å². The largest absolute Gasteiger partial charge is 0.336 e. The topological polar surface area (TPSA) is 47.6 Å². The number of rotatable bonds is 8. The molecule has 1 fully saturated rings. The Kier molecular flexibility index (Phi) is 7.46. The highest BCUT2D eigenvalue weighted by molar-refractivity contribution is 5.73. The molecule has 0 saturated carbocycles. The predicted molar refractivity (Wildman–Crippen MR) is 114 cm³/mol. The number of nitrogens with one attached hydrogen (secondary N) is 2. The third kappa shape index (κ3) is 6.08. The number of hydrogen-bond acceptors (Lipinski definition) is 3. The molecule has 2 aromatic rings. The van der Waals surface area contributed by atoms with E-state index in [1.807, 2.05) is 6.07 Å². The fraction of sp³-hybridized carbons (Fsp3) is 0.435. The van der Waals surface area contributed by atoms with Crippen molar-refractivity contribution >= 4 is 6.03 Å². The first-order chi connectivity index (χ1) is 13.6. The molecule has 3 rings (SSSR count). The molecule has 0 spiro atoms. The van der Waals surface area contributed by atoms with Crippen LogP contribution >= 0.6 is 0 Å². The maximum absolute atomic E-state index is 12.3. The first-order valence-electron chi connectivity index (χ1n) is 10.1. The quantitative estimate of drug-likeness (QED) is 0.738. The van der Waals surface area contributed by atoms with E-state index in [-0.39, 0.29) is 12.1 Å². The summed E-state index contributed by atoms with van der Waals surface area (Å²) in [5, 5.41) is 6.05. The molecule has 0 aromatic heterocycles. The molecule has 5 nitrogen and oxygen atoms in total. The van der Waals surface area contributed by atoms with Crippen LogP contribution in [-0.2, 0) is 13.1 Å². The van der Waals surface area contributed by atoms with Crippen molar-refractivity contribution in [2.45, 2.75) is 32.0 Å². The molecule has 2 N–H and O–H groups in total. The second-order valence-electron chi connectivity index (χ2n) is 7.79. The summed E-state index contributed by atoms with van der Waals surface area (Å²) in [7, 11) is 4.12. The van der Waals surface area contributed by atoms with Gasteiger partial charge in [0, 0.05) is 19.6 Å². The van der Waals surface area contributed by atoms with Crippen LogP contribution in [0.25, 0.3) is 0 Å². The Labute approximate surface area is 168 Å². The molecule has 150 valence electrons. The molecule has 0 bridgehead atoms. The van der Waals surface area contributed by atoms with Crippen molar-refractivity contribution in [1.82, 2.24) is 20.4 Å². The van der Waals surface area contributed by atoms with Crippen molar-refractivity contribution in [3.05, 3.63) is 71.3 Å². The fourth-order valence-corrected chi connectivity index (χ4v) is 3.75. The van der Waals surface area contributed by atoms with Gasteiger partial charge in [-0.25, -0.2) is 4.79 Å². The van der Waals surface area contributed by atoms with Crippen molar-refractivity contribution in [3.63, 3.8) is 0 Å². The van der Waals surface area contributed by atoms with Crippen LogP contribution in [-0.4, -0.2) is 49.6 Å². The zero-order valence-corrected chi connectivity index (χ0v) is 17.0. The lowest BCUT2D eigenvalue weighted by Gasteiger charge is -2.28. The van der Waals surface area contributed by atoms with Crippen LogP contribution in [0.2, 0.25) is 0 Å². The monoisotopic (exact) mass is 380 g/mol. The van der Waals surface area contributed by atoms with Gasteiger partial charge in [-0.1, -0.05) is 54.6 Å². The lowest BCUT2D eigenvalue weighted by molar-refractivity contribution is 0.220. The Balaban J connectivity index is 1.49. The number of carbonyl (C=O) groups is 1. The highest BCUT2D eigenvalue weighted by Crippen LogP contribution is 2.24. The van der Waals surface area contributed by atoms with E-state index in [1.54, 1.807) is 0 Å². The van der Waals surface area contributed by atoms with Crippen LogP contribution in [0, 0.1) is 0 Å². The first kappa shape index (κ1) is 20.4. The predicted octanol–water partition coefficient (Wildman–Crippen LogP) is 3.38. The van der Waals surface area contributed by atoms with Crippen LogP contribution in [0.3, 0.4) is 0 Å². The van der Waals surface area contributed by atoms with Crippen molar-refractivity contribution in [2.75, 3.05) is 33.7 Å². The molecular formula is C23H32N4O. The van der Waals surface area contributed by atoms with Crippen LogP contribution in [0.15, 0.2) is 54.6 Å². The van der Waals surface area contributed by atoms with Gasteiger partial charge in [0.2, 0.25) is 0 Å². The average molecular weight is 381 g/mol. The van der Waals surface area contributed by atoms with Crippen molar-refractivity contribution in [2.24, 2.45) is 0 Å². The Bertz CT molecular complexity index is 724. The SMILES string of the molecule is CN(C)Cc1ccc(CNC(=O)NCC(c2ccccc2)N2CCCC2)cc1. The number of amides is 2. The summed E-state index contributed by atoms with van der Waals surface area (Å²) in [5.41, 5.74) is 3.65. The van der Waals surface area contributed by atoms with Crippen LogP contribution < -0.4 is 10.6 Å². The minimum atomic E-state index is -0.113. The third-order valence-corrected chi connectivity index (χ3v) is 5.20. The van der Waals surface area contributed by atoms with Gasteiger partial charge in [0.15, 0.2) is 0 Å². The molecule has 1 saturated heterocycles. The van der Waals surface area contributed by atoms with Crippen LogP contribution in [0.5, 0.6) is 0 Å². The maximum Gasteiger partial charge on any atom is 0.315 e. The molecule has 5 heteroatoms. The third-order valence-electron chi connectivity index (χ3n) is 5.20. The minimum Gasteiger partial charge on any atom is -0.336 e. The Hall–Kier alpha value is -2.37. The molecule has 1 atom stereocenters. The van der Waals surface area contributed by atoms with E-state index >= 15 is 0 Å². The van der Waals surface area contributed by atoms with E-state index in [0.717, 1.165) is 25.2 Å². The first-order valence-corrected chi connectivity index (χ1v) is 10.1. The Morgan fingerprint density at radius 3 is 2.25 bits per heavy atom. The second kappa shape index (κ2) is 10.2. The van der Waals surface area contributed by atoms with Gasteiger partial charge in [-0.2, -0.15) is 0 Å². The van der Waals surface area contributed by atoms with E-state index in [9.17, 15) is 4.79 Å². The van der Waals surface area contributed by atoms with Gasteiger partial charge >= 0.3 is 6.03 Å². The minimum absolute atomic E-state index is 0.113. The lowest BCUT2D eigenvalue weighted by Crippen LogP contribution is -2.41. The summed E-state index contributed by atoms with van der Waals surface area (Å²) in [5.74, 6) is 0. The zero-order valence-electron chi connectivity index (χ0n) is 17.0. The van der Waals surface area contributed by atoms with Gasteiger partial charge in [0.1, 0.15) is 0 Å². The molecule has 0 aliphatic carbocycles. The fourth-order valence-electron chi connectivity index (χ4n) is 3.75. The molecule has 28 heavy (non-hydrogen) atoms. The molecule has 2 amide bonds. The summed E-state index contributed by atoms with van der Waals surface area (Å²) in [4.78, 5) is 16.9. The number of urea groups is 1. The van der Waals surface area contributed by atoms with Crippen molar-refractivity contribution < 1.29 is 4.79 Å². The molecule has 1 heterocycles. The molecule has 0 radical (unpaired) electrons. The Morgan fingerprint density at radius 2 is 1.61 bits per heavy atom. The summed E-state index contributed by atoms with van der Waals surface area (Å²) < 4.78 is 0. The summed E-state index contributed by atoms with van der Waals surface area (Å²) in [6.07, 6.45) is 2.47. The second-order valence-corrected chi connectivity index (χ2v) is 7.79. The normalized spacial score (nSPS) is 15.5. The number of nitrogens with zero attached hydrogens (tertiary/aromatic N) is 2. The number of likely N-dealkylation sites (tertiary alicyclic amines) is 1. The van der Waals surface area contributed by atoms with Crippen molar-refractivity contribution in [1.29, 1.82) is 0 Å². The standard InChI is InChI=1S/C23H32N4O/c1-26(2)18-20-12-10-19(11-13-20)16-24-23(28)25-17-22(27-14-6-7-15-27)21-8-4-3-5-9-21/h3-5,8-13,22H,6-7,14-18H2,1-2H3,(H2,24,25,28). The van der Waals surface area contributed by atoms with Gasteiger partial charge < -0.3 is 15.5 Å². The maximum atomic E-state index is 12.3. The number of carbonyl (C=O) groups excluding carboxylic acids is 1. The average Bonchev–Trinajstić information content (AvgIpc) is 3.22. The molecular weight excluding hydrogens is 348 g/mol. The number of hydrogen-bond donors (Lipinski definition) is 2. The summed E-state index contributed by atoms with van der Waals surface area (Å²) >= 11 is 0. The molecule has 1 aliphatic rings. The molecule has 2 aromatic carbocycles. The van der Waals surface area contributed by atoms with E-state index < -0.39 is 0 Å². The van der Waals surface area contributed by atoms with E-state index in [1.165, 1.54) is 24.0 Å². The van der Waals surface area contributed by atoms with Gasteiger partial charge in [-0.05, 0) is 56.7 Å². The van der Waals surface area contributed by atoms with E-state index in [4.69, 9.17) is 0 Å². The zero-order chi connectivity index (χ0) is 19.8. The summed E-state index contributed by atoms with van der Waals surface area (Å²) in [6, 6.07) is 19.0. The van der Waals surface area contributed by atoms with Crippen LogP contribution in [0.4, 0.5) is 4.79 Å². The lowest BCUT2D eigenvalue weighted by atomic mass is 10.1. The number of benzene rings is 2.